The van der Waals surface area contributed by atoms with E-state index < -0.39 is 0 Å². The van der Waals surface area contributed by atoms with Gasteiger partial charge in [0.2, 0.25) is 0 Å². The van der Waals surface area contributed by atoms with Crippen molar-refractivity contribution in [1.82, 2.24) is 15.1 Å². The quantitative estimate of drug-likeness (QED) is 0.921. The molecule has 6 heteroatoms. The minimum atomic E-state index is -0.275. The van der Waals surface area contributed by atoms with Crippen molar-refractivity contribution in [1.29, 1.82) is 0 Å². The molecule has 1 fully saturated rings. The molecule has 1 aromatic carbocycles. The van der Waals surface area contributed by atoms with E-state index in [1.807, 2.05) is 6.92 Å². The van der Waals surface area contributed by atoms with Gasteiger partial charge in [-0.15, -0.1) is 0 Å². The van der Waals surface area contributed by atoms with E-state index >= 15 is 0 Å². The molecule has 0 radical (unpaired) electrons. The van der Waals surface area contributed by atoms with Crippen LogP contribution in [0.1, 0.15) is 46.8 Å². The molecule has 0 unspecified atom stereocenters. The van der Waals surface area contributed by atoms with Crippen molar-refractivity contribution in [2.75, 3.05) is 13.1 Å². The van der Waals surface area contributed by atoms with Crippen molar-refractivity contribution < 1.29 is 13.9 Å². The number of nitrogens with zero attached hydrogens (tertiary/aromatic N) is 2. The molecule has 0 saturated carbocycles. The molecule has 2 aliphatic rings. The molecule has 1 aliphatic heterocycles. The van der Waals surface area contributed by atoms with Crippen LogP contribution in [0.25, 0.3) is 0 Å². The molecule has 2 aromatic rings. The van der Waals surface area contributed by atoms with Gasteiger partial charge in [-0.3, -0.25) is 9.89 Å². The van der Waals surface area contributed by atoms with Crippen LogP contribution in [0.15, 0.2) is 24.3 Å². The Bertz CT molecular complexity index is 756. The first kappa shape index (κ1) is 15.3. The second-order valence-corrected chi connectivity index (χ2v) is 6.58. The van der Waals surface area contributed by atoms with E-state index in [-0.39, 0.29) is 23.9 Å². The normalized spacial score (nSPS) is 23.3. The maximum absolute atomic E-state index is 13.1. The number of carbonyl (C=O) groups excluding carboxylic acids is 1. The molecular weight excluding hydrogens is 309 g/mol. The average molecular weight is 329 g/mol. The van der Waals surface area contributed by atoms with Gasteiger partial charge >= 0.3 is 0 Å². The topological polar surface area (TPSA) is 58.2 Å². The summed E-state index contributed by atoms with van der Waals surface area (Å²) in [7, 11) is 0. The summed E-state index contributed by atoms with van der Waals surface area (Å²) in [5.41, 5.74) is 3.59. The standard InChI is InChI=1S/C18H20FN3O2/c1-11-9-22(10-16(24-11)12-5-7-13(19)8-6-12)18(23)17-14-3-2-4-15(14)20-21-17/h5-8,11,16H,2-4,9-10H2,1H3,(H,20,21)/t11-,16+/m1/s1. The molecular formula is C18H20FN3O2. The van der Waals surface area contributed by atoms with Crippen LogP contribution >= 0.6 is 0 Å². The van der Waals surface area contributed by atoms with Crippen molar-refractivity contribution in [2.24, 2.45) is 0 Å². The van der Waals surface area contributed by atoms with E-state index in [4.69, 9.17) is 4.74 Å². The smallest absolute Gasteiger partial charge is 0.274 e. The largest absolute Gasteiger partial charge is 0.367 e. The van der Waals surface area contributed by atoms with Crippen LogP contribution in [0.2, 0.25) is 0 Å². The summed E-state index contributed by atoms with van der Waals surface area (Å²) in [5.74, 6) is -0.320. The predicted molar refractivity (Wildman–Crippen MR) is 86.2 cm³/mol. The third-order valence-corrected chi connectivity index (χ3v) is 4.80. The molecule has 0 bridgehead atoms. The predicted octanol–water partition coefficient (Wildman–Crippen LogP) is 2.64. The lowest BCUT2D eigenvalue weighted by Crippen LogP contribution is -2.46. The first-order chi connectivity index (χ1) is 11.6. The Kier molecular flexibility index (Phi) is 3.84. The Morgan fingerprint density at radius 2 is 2.08 bits per heavy atom. The molecule has 2 heterocycles. The van der Waals surface area contributed by atoms with Gasteiger partial charge in [0.05, 0.1) is 12.6 Å². The molecule has 24 heavy (non-hydrogen) atoms. The number of ether oxygens (including phenoxy) is 1. The Morgan fingerprint density at radius 1 is 1.29 bits per heavy atom. The Hall–Kier alpha value is -2.21. The number of nitrogens with one attached hydrogen (secondary N) is 1. The van der Waals surface area contributed by atoms with Crippen LogP contribution in [0.3, 0.4) is 0 Å². The minimum absolute atomic E-state index is 0.0448. The maximum atomic E-state index is 13.1. The van der Waals surface area contributed by atoms with Crippen molar-refractivity contribution in [3.05, 3.63) is 52.6 Å². The molecule has 4 rings (SSSR count). The summed E-state index contributed by atoms with van der Waals surface area (Å²) in [6.07, 6.45) is 2.62. The van der Waals surface area contributed by atoms with Gasteiger partial charge < -0.3 is 9.64 Å². The first-order valence-corrected chi connectivity index (χ1v) is 8.38. The summed E-state index contributed by atoms with van der Waals surface area (Å²) >= 11 is 0. The highest BCUT2D eigenvalue weighted by Crippen LogP contribution is 2.28. The third kappa shape index (κ3) is 2.71. The second-order valence-electron chi connectivity index (χ2n) is 6.58. The van der Waals surface area contributed by atoms with Crippen molar-refractivity contribution in [3.63, 3.8) is 0 Å². The monoisotopic (exact) mass is 329 g/mol. The van der Waals surface area contributed by atoms with E-state index in [9.17, 15) is 9.18 Å². The van der Waals surface area contributed by atoms with E-state index in [0.29, 0.717) is 18.8 Å². The first-order valence-electron chi connectivity index (χ1n) is 8.38. The summed E-state index contributed by atoms with van der Waals surface area (Å²) in [5, 5.41) is 7.24. The van der Waals surface area contributed by atoms with Crippen LogP contribution in [-0.4, -0.2) is 40.2 Å². The SMILES string of the molecule is C[C@@H]1CN(C(=O)c2n[nH]c3c2CCC3)C[C@@H](c2ccc(F)cc2)O1. The van der Waals surface area contributed by atoms with Crippen LogP contribution in [0, 0.1) is 5.82 Å². The summed E-state index contributed by atoms with van der Waals surface area (Å²) in [6, 6.07) is 6.27. The summed E-state index contributed by atoms with van der Waals surface area (Å²) < 4.78 is 19.1. The highest BCUT2D eigenvalue weighted by atomic mass is 19.1. The third-order valence-electron chi connectivity index (χ3n) is 4.80. The van der Waals surface area contributed by atoms with Crippen LogP contribution in [0.5, 0.6) is 0 Å². The Balaban J connectivity index is 1.56. The van der Waals surface area contributed by atoms with Gasteiger partial charge in [-0.05, 0) is 43.9 Å². The van der Waals surface area contributed by atoms with Gasteiger partial charge in [-0.1, -0.05) is 12.1 Å². The Morgan fingerprint density at radius 3 is 2.88 bits per heavy atom. The zero-order valence-electron chi connectivity index (χ0n) is 13.6. The molecule has 1 amide bonds. The number of amides is 1. The minimum Gasteiger partial charge on any atom is -0.367 e. The number of fused-ring (bicyclic) bond motifs is 1. The lowest BCUT2D eigenvalue weighted by Gasteiger charge is -2.36. The number of aromatic nitrogens is 2. The number of benzene rings is 1. The van der Waals surface area contributed by atoms with E-state index in [1.165, 1.54) is 12.1 Å². The van der Waals surface area contributed by atoms with Crippen molar-refractivity contribution in [2.45, 2.75) is 38.4 Å². The van der Waals surface area contributed by atoms with E-state index in [1.54, 1.807) is 17.0 Å². The van der Waals surface area contributed by atoms with Crippen molar-refractivity contribution in [3.8, 4) is 0 Å². The van der Waals surface area contributed by atoms with Crippen LogP contribution in [0.4, 0.5) is 4.39 Å². The lowest BCUT2D eigenvalue weighted by molar-refractivity contribution is -0.0693. The molecule has 126 valence electrons. The fraction of sp³-hybridized carbons (Fsp3) is 0.444. The summed E-state index contributed by atoms with van der Waals surface area (Å²) in [4.78, 5) is 14.7. The number of halogens is 1. The van der Waals surface area contributed by atoms with Gasteiger partial charge in [0.15, 0.2) is 5.69 Å². The maximum Gasteiger partial charge on any atom is 0.274 e. The van der Waals surface area contributed by atoms with E-state index in [2.05, 4.69) is 10.2 Å². The van der Waals surface area contributed by atoms with Crippen molar-refractivity contribution >= 4 is 5.91 Å². The lowest BCUT2D eigenvalue weighted by atomic mass is 10.1. The molecule has 2 atom stereocenters. The van der Waals surface area contributed by atoms with Gasteiger partial charge in [-0.2, -0.15) is 5.10 Å². The van der Waals surface area contributed by atoms with Gasteiger partial charge in [0.25, 0.3) is 5.91 Å². The number of morpholine rings is 1. The number of hydrogen-bond acceptors (Lipinski definition) is 3. The number of carbonyl (C=O) groups is 1. The molecule has 5 nitrogen and oxygen atoms in total. The number of rotatable bonds is 2. The van der Waals surface area contributed by atoms with Crippen LogP contribution < -0.4 is 0 Å². The highest BCUT2D eigenvalue weighted by molar-refractivity contribution is 5.94. The zero-order valence-corrected chi connectivity index (χ0v) is 13.6. The summed E-state index contributed by atoms with van der Waals surface area (Å²) in [6.45, 7) is 2.94. The number of aromatic amines is 1. The van der Waals surface area contributed by atoms with Gasteiger partial charge in [-0.25, -0.2) is 4.39 Å². The number of aryl methyl sites for hydroxylation is 1. The molecule has 1 aliphatic carbocycles. The van der Waals surface area contributed by atoms with Gasteiger partial charge in [0, 0.05) is 17.8 Å². The molecule has 0 spiro atoms. The number of H-pyrrole nitrogens is 1. The highest BCUT2D eigenvalue weighted by Gasteiger charge is 2.33. The number of hydrogen-bond donors (Lipinski definition) is 1. The van der Waals surface area contributed by atoms with E-state index in [0.717, 1.165) is 36.1 Å². The van der Waals surface area contributed by atoms with Gasteiger partial charge in [0.1, 0.15) is 11.9 Å². The molecule has 1 aromatic heterocycles. The second kappa shape index (κ2) is 6.02. The molecule has 1 N–H and O–H groups in total. The molecule has 1 saturated heterocycles. The average Bonchev–Trinajstić information content (AvgIpc) is 3.17. The zero-order chi connectivity index (χ0) is 16.7. The fourth-order valence-corrected chi connectivity index (χ4v) is 3.62. The fourth-order valence-electron chi connectivity index (χ4n) is 3.62. The Labute approximate surface area is 139 Å². The van der Waals surface area contributed by atoms with Crippen LogP contribution in [-0.2, 0) is 17.6 Å².